The zero-order valence-electron chi connectivity index (χ0n) is 17.5. The lowest BCUT2D eigenvalue weighted by molar-refractivity contribution is 0.122. The van der Waals surface area contributed by atoms with E-state index in [-0.39, 0.29) is 0 Å². The van der Waals surface area contributed by atoms with Crippen LogP contribution in [0.15, 0.2) is 65.5 Å². The highest BCUT2D eigenvalue weighted by atomic mass is 16.5. The second-order valence-electron chi connectivity index (χ2n) is 7.72. The second-order valence-corrected chi connectivity index (χ2v) is 7.72. The Kier molecular flexibility index (Phi) is 4.46. The highest BCUT2D eigenvalue weighted by molar-refractivity contribution is 5.63. The summed E-state index contributed by atoms with van der Waals surface area (Å²) >= 11 is 0. The molecule has 5 heterocycles. The summed E-state index contributed by atoms with van der Waals surface area (Å²) in [5.41, 5.74) is 4.51. The van der Waals surface area contributed by atoms with Crippen LogP contribution >= 0.6 is 0 Å². The number of morpholine rings is 1. The molecule has 0 spiro atoms. The van der Waals surface area contributed by atoms with Crippen molar-refractivity contribution in [2.75, 3.05) is 31.2 Å². The topological polar surface area (TPSA) is 86.5 Å². The average molecular weight is 427 g/mol. The SMILES string of the molecule is Cc1cccc(-c2ccn(-c3cc(N4CCOCC4)n4nc(-c5ncco5)cc4n3)n2)c1. The van der Waals surface area contributed by atoms with E-state index in [1.165, 1.54) is 11.8 Å². The van der Waals surface area contributed by atoms with E-state index < -0.39 is 0 Å². The first-order chi connectivity index (χ1) is 15.7. The van der Waals surface area contributed by atoms with Gasteiger partial charge in [0.25, 0.3) is 0 Å². The normalized spacial score (nSPS) is 14.3. The number of aromatic nitrogens is 6. The van der Waals surface area contributed by atoms with Gasteiger partial charge in [-0.25, -0.2) is 14.6 Å². The minimum absolute atomic E-state index is 0.464. The van der Waals surface area contributed by atoms with Crippen molar-refractivity contribution in [3.05, 3.63) is 66.7 Å². The van der Waals surface area contributed by atoms with E-state index in [9.17, 15) is 0 Å². The summed E-state index contributed by atoms with van der Waals surface area (Å²) in [6.07, 6.45) is 5.08. The maximum absolute atomic E-state index is 5.54. The smallest absolute Gasteiger partial charge is 0.247 e. The Hall–Kier alpha value is -3.98. The number of hydrogen-bond donors (Lipinski definition) is 0. The number of rotatable bonds is 4. The van der Waals surface area contributed by atoms with Gasteiger partial charge < -0.3 is 14.1 Å². The van der Waals surface area contributed by atoms with E-state index in [2.05, 4.69) is 35.0 Å². The van der Waals surface area contributed by atoms with Crippen LogP contribution in [-0.2, 0) is 4.74 Å². The van der Waals surface area contributed by atoms with Gasteiger partial charge in [0.05, 0.1) is 25.1 Å². The number of benzene rings is 1. The standard InChI is InChI=1S/C23H21N7O2/c1-16-3-2-4-17(13-16)18-5-7-29(26-18)20-15-22(28-8-11-31-12-9-28)30-21(25-20)14-19(27-30)23-24-6-10-32-23/h2-7,10,13-15H,8-9,11-12H2,1H3. The second kappa shape index (κ2) is 7.61. The molecule has 9 heteroatoms. The average Bonchev–Trinajstić information content (AvgIpc) is 3.59. The van der Waals surface area contributed by atoms with Crippen LogP contribution in [0.2, 0.25) is 0 Å². The maximum Gasteiger partial charge on any atom is 0.247 e. The van der Waals surface area contributed by atoms with Crippen LogP contribution in [0.4, 0.5) is 5.82 Å². The Morgan fingerprint density at radius 2 is 1.88 bits per heavy atom. The summed E-state index contributed by atoms with van der Waals surface area (Å²) in [5, 5.41) is 9.51. The van der Waals surface area contributed by atoms with Crippen molar-refractivity contribution in [1.29, 1.82) is 0 Å². The summed E-state index contributed by atoms with van der Waals surface area (Å²) in [4.78, 5) is 11.3. The molecule has 0 saturated carbocycles. The fraction of sp³-hybridized carbons (Fsp3) is 0.217. The van der Waals surface area contributed by atoms with Crippen molar-refractivity contribution in [1.82, 2.24) is 29.4 Å². The lowest BCUT2D eigenvalue weighted by Gasteiger charge is -2.29. The minimum Gasteiger partial charge on any atom is -0.443 e. The predicted molar refractivity (Wildman–Crippen MR) is 119 cm³/mol. The summed E-state index contributed by atoms with van der Waals surface area (Å²) in [5.74, 6) is 2.11. The molecule has 1 aliphatic rings. The molecule has 32 heavy (non-hydrogen) atoms. The van der Waals surface area contributed by atoms with Crippen LogP contribution in [-0.4, -0.2) is 55.7 Å². The molecular weight excluding hydrogens is 406 g/mol. The van der Waals surface area contributed by atoms with Crippen LogP contribution in [0, 0.1) is 6.92 Å². The zero-order valence-corrected chi connectivity index (χ0v) is 17.5. The molecule has 0 radical (unpaired) electrons. The molecule has 0 bridgehead atoms. The van der Waals surface area contributed by atoms with Gasteiger partial charge in [0.15, 0.2) is 17.2 Å². The van der Waals surface area contributed by atoms with Gasteiger partial charge in [-0.1, -0.05) is 23.8 Å². The molecule has 160 valence electrons. The zero-order chi connectivity index (χ0) is 21.5. The summed E-state index contributed by atoms with van der Waals surface area (Å²) in [6, 6.07) is 14.2. The Balaban J connectivity index is 1.47. The predicted octanol–water partition coefficient (Wildman–Crippen LogP) is 3.38. The molecule has 9 nitrogen and oxygen atoms in total. The van der Waals surface area contributed by atoms with E-state index in [1.54, 1.807) is 10.9 Å². The molecule has 5 aromatic rings. The van der Waals surface area contributed by atoms with Gasteiger partial charge in [-0.3, -0.25) is 0 Å². The van der Waals surface area contributed by atoms with Crippen molar-refractivity contribution < 1.29 is 9.15 Å². The molecule has 0 unspecified atom stereocenters. The van der Waals surface area contributed by atoms with E-state index in [0.29, 0.717) is 30.4 Å². The van der Waals surface area contributed by atoms with Crippen LogP contribution in [0.3, 0.4) is 0 Å². The molecular formula is C23H21N7O2. The molecule has 1 aromatic carbocycles. The fourth-order valence-corrected chi connectivity index (χ4v) is 3.95. The molecule has 1 aliphatic heterocycles. The third-order valence-electron chi connectivity index (χ3n) is 5.52. The molecule has 0 amide bonds. The first-order valence-electron chi connectivity index (χ1n) is 10.5. The van der Waals surface area contributed by atoms with E-state index in [1.807, 2.05) is 35.0 Å². The van der Waals surface area contributed by atoms with Crippen molar-refractivity contribution in [2.24, 2.45) is 0 Å². The molecule has 0 N–H and O–H groups in total. The van der Waals surface area contributed by atoms with Gasteiger partial charge in [0.2, 0.25) is 5.89 Å². The highest BCUT2D eigenvalue weighted by Gasteiger charge is 2.20. The number of oxazole rings is 1. The van der Waals surface area contributed by atoms with Crippen molar-refractivity contribution in [3.8, 4) is 28.7 Å². The Morgan fingerprint density at radius 3 is 2.69 bits per heavy atom. The molecule has 6 rings (SSSR count). The Morgan fingerprint density at radius 1 is 0.969 bits per heavy atom. The molecule has 4 aromatic heterocycles. The largest absolute Gasteiger partial charge is 0.443 e. The first-order valence-corrected chi connectivity index (χ1v) is 10.5. The summed E-state index contributed by atoms with van der Waals surface area (Å²) in [7, 11) is 0. The van der Waals surface area contributed by atoms with Gasteiger partial charge in [0, 0.05) is 37.0 Å². The number of aryl methyl sites for hydroxylation is 1. The van der Waals surface area contributed by atoms with Gasteiger partial charge in [0.1, 0.15) is 12.1 Å². The van der Waals surface area contributed by atoms with Crippen molar-refractivity contribution in [3.63, 3.8) is 0 Å². The van der Waals surface area contributed by atoms with Crippen molar-refractivity contribution >= 4 is 11.5 Å². The number of nitrogens with zero attached hydrogens (tertiary/aromatic N) is 7. The molecule has 0 atom stereocenters. The molecule has 1 fully saturated rings. The quantitative estimate of drug-likeness (QED) is 0.435. The number of fused-ring (bicyclic) bond motifs is 1. The van der Waals surface area contributed by atoms with Gasteiger partial charge >= 0.3 is 0 Å². The minimum atomic E-state index is 0.464. The van der Waals surface area contributed by atoms with Gasteiger partial charge in [-0.05, 0) is 19.1 Å². The fourth-order valence-electron chi connectivity index (χ4n) is 3.95. The van der Waals surface area contributed by atoms with Crippen LogP contribution in [0.1, 0.15) is 5.56 Å². The highest BCUT2D eigenvalue weighted by Crippen LogP contribution is 2.26. The summed E-state index contributed by atoms with van der Waals surface area (Å²) < 4.78 is 14.6. The van der Waals surface area contributed by atoms with E-state index in [0.717, 1.165) is 36.0 Å². The maximum atomic E-state index is 5.54. The Bertz CT molecular complexity index is 1380. The van der Waals surface area contributed by atoms with E-state index >= 15 is 0 Å². The molecule has 0 aliphatic carbocycles. The van der Waals surface area contributed by atoms with Gasteiger partial charge in [-0.15, -0.1) is 0 Å². The number of ether oxygens (including phenoxy) is 1. The third-order valence-corrected chi connectivity index (χ3v) is 5.52. The van der Waals surface area contributed by atoms with E-state index in [4.69, 9.17) is 24.3 Å². The first kappa shape index (κ1) is 18.8. The lowest BCUT2D eigenvalue weighted by Crippen LogP contribution is -2.37. The number of hydrogen-bond acceptors (Lipinski definition) is 7. The van der Waals surface area contributed by atoms with Crippen LogP contribution in [0.5, 0.6) is 0 Å². The van der Waals surface area contributed by atoms with Crippen molar-refractivity contribution in [2.45, 2.75) is 6.92 Å². The lowest BCUT2D eigenvalue weighted by atomic mass is 10.1. The number of anilines is 1. The third kappa shape index (κ3) is 3.32. The van der Waals surface area contributed by atoms with Crippen LogP contribution in [0.25, 0.3) is 34.3 Å². The molecule has 1 saturated heterocycles. The monoisotopic (exact) mass is 427 g/mol. The summed E-state index contributed by atoms with van der Waals surface area (Å²) in [6.45, 7) is 4.98. The Labute approximate surface area is 183 Å². The van der Waals surface area contributed by atoms with Gasteiger partial charge in [-0.2, -0.15) is 14.7 Å². The van der Waals surface area contributed by atoms with Crippen LogP contribution < -0.4 is 4.90 Å².